The van der Waals surface area contributed by atoms with Crippen molar-refractivity contribution in [2.24, 2.45) is 0 Å². The molecule has 3 atom stereocenters. The summed E-state index contributed by atoms with van der Waals surface area (Å²) in [6.07, 6.45) is 8.14. The highest BCUT2D eigenvalue weighted by molar-refractivity contribution is 5.54. The minimum absolute atomic E-state index is 0.260. The summed E-state index contributed by atoms with van der Waals surface area (Å²) in [4.78, 5) is 14.6. The van der Waals surface area contributed by atoms with Crippen molar-refractivity contribution in [1.82, 2.24) is 29.9 Å². The minimum Gasteiger partial charge on any atom is -0.461 e. The van der Waals surface area contributed by atoms with Crippen LogP contribution in [0.15, 0.2) is 24.4 Å². The largest absolute Gasteiger partial charge is 0.461 e. The summed E-state index contributed by atoms with van der Waals surface area (Å²) >= 11 is 0. The molecule has 41 heavy (non-hydrogen) atoms. The third kappa shape index (κ3) is 4.27. The Balaban J connectivity index is 1.17. The SMILES string of the molecule is Nc1ccc2c(c1)C1(CCC2)Cc2nc(OCC34CCCN3CC(F)C4)nc(N3CCCn4nncc4C3)c2CO1. The Labute approximate surface area is 239 Å². The third-order valence-corrected chi connectivity index (χ3v) is 10.0. The number of nitrogens with zero attached hydrogens (tertiary/aromatic N) is 7. The van der Waals surface area contributed by atoms with Crippen LogP contribution in [0.1, 0.15) is 66.6 Å². The number of hydrogen-bond donors (Lipinski definition) is 1. The lowest BCUT2D eigenvalue weighted by Gasteiger charge is -2.43. The van der Waals surface area contributed by atoms with Crippen molar-refractivity contribution in [2.75, 3.05) is 36.9 Å². The highest BCUT2D eigenvalue weighted by Gasteiger charge is 2.50. The molecule has 0 saturated carbocycles. The van der Waals surface area contributed by atoms with Gasteiger partial charge in [-0.25, -0.2) is 9.07 Å². The van der Waals surface area contributed by atoms with Crippen LogP contribution in [0.25, 0.3) is 0 Å². The van der Waals surface area contributed by atoms with Gasteiger partial charge >= 0.3 is 6.01 Å². The van der Waals surface area contributed by atoms with Crippen LogP contribution >= 0.6 is 0 Å². The van der Waals surface area contributed by atoms with Crippen molar-refractivity contribution >= 4 is 11.5 Å². The van der Waals surface area contributed by atoms with Gasteiger partial charge < -0.3 is 20.1 Å². The normalized spacial score (nSPS) is 29.1. The number of benzene rings is 1. The van der Waals surface area contributed by atoms with Crippen molar-refractivity contribution < 1.29 is 13.9 Å². The van der Waals surface area contributed by atoms with E-state index in [9.17, 15) is 4.39 Å². The quantitative estimate of drug-likeness (QED) is 0.481. The van der Waals surface area contributed by atoms with E-state index in [1.54, 1.807) is 0 Å². The lowest BCUT2D eigenvalue weighted by atomic mass is 9.74. The Bertz CT molecular complexity index is 1480. The molecule has 5 aliphatic rings. The molecule has 1 aliphatic carbocycles. The molecule has 0 radical (unpaired) electrons. The summed E-state index contributed by atoms with van der Waals surface area (Å²) < 4.78 is 29.7. The van der Waals surface area contributed by atoms with Gasteiger partial charge in [0.05, 0.1) is 41.9 Å². The number of aryl methyl sites for hydroxylation is 2. The van der Waals surface area contributed by atoms with E-state index in [0.29, 0.717) is 45.2 Å². The average Bonchev–Trinajstić information content (AvgIpc) is 3.61. The Kier molecular flexibility index (Phi) is 5.96. The maximum atomic E-state index is 14.5. The molecule has 10 nitrogen and oxygen atoms in total. The average molecular weight is 561 g/mol. The molecule has 3 aromatic rings. The fourth-order valence-corrected chi connectivity index (χ4v) is 8.02. The van der Waals surface area contributed by atoms with Crippen molar-refractivity contribution in [3.63, 3.8) is 0 Å². The van der Waals surface area contributed by atoms with E-state index >= 15 is 0 Å². The van der Waals surface area contributed by atoms with E-state index in [4.69, 9.17) is 25.2 Å². The maximum absolute atomic E-state index is 14.5. The first-order valence-electron chi connectivity index (χ1n) is 15.1. The molecule has 2 aromatic heterocycles. The van der Waals surface area contributed by atoms with Gasteiger partial charge in [0.1, 0.15) is 18.6 Å². The van der Waals surface area contributed by atoms with Gasteiger partial charge in [-0.1, -0.05) is 11.3 Å². The van der Waals surface area contributed by atoms with Gasteiger partial charge in [-0.15, -0.1) is 5.10 Å². The number of alkyl halides is 1. The summed E-state index contributed by atoms with van der Waals surface area (Å²) in [5, 5.41) is 8.39. The first-order chi connectivity index (χ1) is 20.0. The third-order valence-electron chi connectivity index (χ3n) is 10.0. The number of nitrogen functional groups attached to an aromatic ring is 1. The first kappa shape index (κ1) is 25.4. The zero-order chi connectivity index (χ0) is 27.6. The molecule has 2 saturated heterocycles. The van der Waals surface area contributed by atoms with Gasteiger partial charge in [0, 0.05) is 43.7 Å². The van der Waals surface area contributed by atoms with Gasteiger partial charge in [0.25, 0.3) is 0 Å². The predicted octanol–water partition coefficient (Wildman–Crippen LogP) is 3.32. The van der Waals surface area contributed by atoms with Crippen molar-refractivity contribution in [1.29, 1.82) is 0 Å². The Morgan fingerprint density at radius 1 is 1.12 bits per heavy atom. The van der Waals surface area contributed by atoms with Gasteiger partial charge in [-0.2, -0.15) is 9.97 Å². The van der Waals surface area contributed by atoms with E-state index in [1.165, 1.54) is 11.1 Å². The number of aromatic nitrogens is 5. The van der Waals surface area contributed by atoms with Gasteiger partial charge in [0.2, 0.25) is 0 Å². The fourth-order valence-electron chi connectivity index (χ4n) is 8.02. The zero-order valence-electron chi connectivity index (χ0n) is 23.4. The van der Waals surface area contributed by atoms with Crippen LogP contribution in [0, 0.1) is 0 Å². The second kappa shape index (κ2) is 9.62. The highest BCUT2D eigenvalue weighted by atomic mass is 19.1. The van der Waals surface area contributed by atoms with Crippen LogP contribution in [-0.4, -0.2) is 67.8 Å². The molecule has 0 bridgehead atoms. The molecule has 1 spiro atoms. The Morgan fingerprint density at radius 2 is 2.07 bits per heavy atom. The van der Waals surface area contributed by atoms with Gasteiger partial charge in [-0.05, 0) is 68.3 Å². The molecular weight excluding hydrogens is 523 g/mol. The number of fused-ring (bicyclic) bond motifs is 5. The second-order valence-electron chi connectivity index (χ2n) is 12.6. The van der Waals surface area contributed by atoms with E-state index in [0.717, 1.165) is 86.6 Å². The standard InChI is InChI=1S/C30H37FN8O2/c31-21-13-29(7-2-10-38(29)16-21)19-40-28-34-26-14-30(8-1-4-20-5-6-22(32)12-25(20)30)41-18-24(26)27(35-28)37-9-3-11-39-23(17-37)15-33-36-39/h5-6,12,15,21H,1-4,7-11,13-14,16-19,32H2. The molecule has 1 aromatic carbocycles. The summed E-state index contributed by atoms with van der Waals surface area (Å²) in [7, 11) is 0. The Hall–Kier alpha value is -3.31. The molecule has 8 rings (SSSR count). The van der Waals surface area contributed by atoms with Crippen molar-refractivity contribution in [3.8, 4) is 6.01 Å². The minimum atomic E-state index is -0.801. The molecule has 2 N–H and O–H groups in total. The molecule has 216 valence electrons. The number of hydrogen-bond acceptors (Lipinski definition) is 9. The number of rotatable bonds is 4. The van der Waals surface area contributed by atoms with Crippen LogP contribution in [0.5, 0.6) is 6.01 Å². The van der Waals surface area contributed by atoms with Crippen molar-refractivity contribution in [2.45, 2.75) is 88.4 Å². The molecule has 0 amide bonds. The fraction of sp³-hybridized carbons (Fsp3) is 0.600. The maximum Gasteiger partial charge on any atom is 0.318 e. The molecule has 3 unspecified atom stereocenters. The number of ether oxygens (including phenoxy) is 2. The van der Waals surface area contributed by atoms with Crippen LogP contribution < -0.4 is 15.4 Å². The van der Waals surface area contributed by atoms with Crippen molar-refractivity contribution in [3.05, 3.63) is 52.5 Å². The second-order valence-corrected chi connectivity index (χ2v) is 12.6. The first-order valence-corrected chi connectivity index (χ1v) is 15.1. The number of nitrogens with two attached hydrogens (primary N) is 1. The monoisotopic (exact) mass is 560 g/mol. The van der Waals surface area contributed by atoms with Crippen LogP contribution in [0.2, 0.25) is 0 Å². The van der Waals surface area contributed by atoms with Crippen LogP contribution in [-0.2, 0) is 42.9 Å². The molecule has 11 heteroatoms. The molecule has 2 fully saturated rings. The Morgan fingerprint density at radius 3 is 3.02 bits per heavy atom. The van der Waals surface area contributed by atoms with E-state index in [-0.39, 0.29) is 5.54 Å². The summed E-state index contributed by atoms with van der Waals surface area (Å²) in [6.45, 7) is 4.57. The van der Waals surface area contributed by atoms with Gasteiger partial charge in [0.15, 0.2) is 0 Å². The lowest BCUT2D eigenvalue weighted by molar-refractivity contribution is -0.0855. The van der Waals surface area contributed by atoms with E-state index in [2.05, 4.69) is 32.2 Å². The highest BCUT2D eigenvalue weighted by Crippen LogP contribution is 2.47. The lowest BCUT2D eigenvalue weighted by Crippen LogP contribution is -2.44. The summed E-state index contributed by atoms with van der Waals surface area (Å²) in [5.74, 6) is 0.855. The van der Waals surface area contributed by atoms with E-state index in [1.807, 2.05) is 16.9 Å². The summed E-state index contributed by atoms with van der Waals surface area (Å²) in [5.41, 5.74) is 11.8. The smallest absolute Gasteiger partial charge is 0.318 e. The van der Waals surface area contributed by atoms with E-state index < -0.39 is 11.8 Å². The molecule has 4 aliphatic heterocycles. The number of halogens is 1. The van der Waals surface area contributed by atoms with Crippen LogP contribution in [0.4, 0.5) is 15.9 Å². The summed E-state index contributed by atoms with van der Waals surface area (Å²) in [6, 6.07) is 6.59. The zero-order valence-corrected chi connectivity index (χ0v) is 23.4. The van der Waals surface area contributed by atoms with Gasteiger partial charge in [-0.3, -0.25) is 4.90 Å². The number of anilines is 2. The topological polar surface area (TPSA) is 107 Å². The van der Waals surface area contributed by atoms with Crippen LogP contribution in [0.3, 0.4) is 0 Å². The molecular formula is C30H37FN8O2. The molecule has 6 heterocycles. The predicted molar refractivity (Wildman–Crippen MR) is 150 cm³/mol.